The van der Waals surface area contributed by atoms with Crippen LogP contribution in [0.3, 0.4) is 0 Å². The lowest BCUT2D eigenvalue weighted by Crippen LogP contribution is -1.98. The maximum Gasteiger partial charge on any atom is 0.180 e. The van der Waals surface area contributed by atoms with Crippen molar-refractivity contribution in [3.63, 3.8) is 0 Å². The van der Waals surface area contributed by atoms with Gasteiger partial charge in [0.25, 0.3) is 0 Å². The Morgan fingerprint density at radius 3 is 3.05 bits per heavy atom. The lowest BCUT2D eigenvalue weighted by Gasteiger charge is -2.08. The Morgan fingerprint density at radius 2 is 2.32 bits per heavy atom. The second kappa shape index (κ2) is 5.88. The number of rotatable bonds is 6. The minimum absolute atomic E-state index is 0.633. The molecule has 0 bridgehead atoms. The largest absolute Gasteiger partial charge is 0.447 e. The molecule has 1 N–H and O–H groups in total. The van der Waals surface area contributed by atoms with Gasteiger partial charge in [-0.2, -0.15) is 0 Å². The number of oxazole rings is 1. The van der Waals surface area contributed by atoms with E-state index in [9.17, 15) is 0 Å². The Hall–Kier alpha value is -1.13. The number of halogens is 1. The standard InChI is InChI=1S/C14H15ClN2OS/c15-13-4-3-11(17-7-12-6-16-9-18-12)5-14(13)19-8-10-1-2-10/h3-6,9-10,17H,1-2,7-8H2. The first-order chi connectivity index (χ1) is 9.31. The van der Waals surface area contributed by atoms with Crippen molar-refractivity contribution in [3.8, 4) is 0 Å². The first-order valence-corrected chi connectivity index (χ1v) is 7.71. The topological polar surface area (TPSA) is 38.1 Å². The van der Waals surface area contributed by atoms with Gasteiger partial charge in [-0.3, -0.25) is 0 Å². The molecular weight excluding hydrogens is 280 g/mol. The van der Waals surface area contributed by atoms with Gasteiger partial charge in [0.2, 0.25) is 0 Å². The number of hydrogen-bond donors (Lipinski definition) is 1. The molecule has 1 heterocycles. The highest BCUT2D eigenvalue weighted by atomic mass is 35.5. The van der Waals surface area contributed by atoms with E-state index >= 15 is 0 Å². The summed E-state index contributed by atoms with van der Waals surface area (Å²) >= 11 is 8.07. The summed E-state index contributed by atoms with van der Waals surface area (Å²) in [7, 11) is 0. The fourth-order valence-electron chi connectivity index (χ4n) is 1.73. The van der Waals surface area contributed by atoms with Gasteiger partial charge in [-0.1, -0.05) is 11.6 Å². The van der Waals surface area contributed by atoms with Crippen molar-refractivity contribution in [1.29, 1.82) is 0 Å². The second-order valence-corrected chi connectivity index (χ2v) is 6.19. The molecular formula is C14H15ClN2OS. The monoisotopic (exact) mass is 294 g/mol. The van der Waals surface area contributed by atoms with Crippen LogP contribution in [0.2, 0.25) is 5.02 Å². The second-order valence-electron chi connectivity index (χ2n) is 4.72. The molecule has 0 atom stereocenters. The summed E-state index contributed by atoms with van der Waals surface area (Å²) in [5.41, 5.74) is 1.05. The molecule has 0 saturated heterocycles. The zero-order valence-electron chi connectivity index (χ0n) is 10.4. The molecule has 3 rings (SSSR count). The number of benzene rings is 1. The van der Waals surface area contributed by atoms with E-state index in [1.165, 1.54) is 25.0 Å². The molecule has 0 amide bonds. The minimum atomic E-state index is 0.633. The smallest absolute Gasteiger partial charge is 0.180 e. The van der Waals surface area contributed by atoms with Crippen LogP contribution < -0.4 is 5.32 Å². The van der Waals surface area contributed by atoms with Gasteiger partial charge in [0.15, 0.2) is 6.39 Å². The van der Waals surface area contributed by atoms with E-state index in [-0.39, 0.29) is 0 Å². The number of hydrogen-bond acceptors (Lipinski definition) is 4. The highest BCUT2D eigenvalue weighted by Gasteiger charge is 2.21. The summed E-state index contributed by atoms with van der Waals surface area (Å²) in [5.74, 6) is 2.89. The minimum Gasteiger partial charge on any atom is -0.447 e. The predicted octanol–water partition coefficient (Wildman–Crippen LogP) is 4.44. The molecule has 0 unspecified atom stereocenters. The van der Waals surface area contributed by atoms with Crippen LogP contribution in [-0.4, -0.2) is 10.7 Å². The van der Waals surface area contributed by atoms with Crippen molar-refractivity contribution in [2.45, 2.75) is 24.3 Å². The SMILES string of the molecule is Clc1ccc(NCc2cnco2)cc1SCC1CC1. The van der Waals surface area contributed by atoms with Gasteiger partial charge in [-0.05, 0) is 37.0 Å². The molecule has 1 aromatic carbocycles. The third-order valence-electron chi connectivity index (χ3n) is 3.05. The van der Waals surface area contributed by atoms with Gasteiger partial charge < -0.3 is 9.73 Å². The Labute approximate surface area is 121 Å². The highest BCUT2D eigenvalue weighted by Crippen LogP contribution is 2.38. The van der Waals surface area contributed by atoms with Crippen LogP contribution in [0.15, 0.2) is 40.1 Å². The number of aromatic nitrogens is 1. The lowest BCUT2D eigenvalue weighted by atomic mass is 10.3. The molecule has 5 heteroatoms. The summed E-state index contributed by atoms with van der Waals surface area (Å²) in [4.78, 5) is 5.04. The van der Waals surface area contributed by atoms with E-state index in [1.807, 2.05) is 23.9 Å². The molecule has 0 spiro atoms. The normalized spacial score (nSPS) is 14.6. The van der Waals surface area contributed by atoms with Crippen molar-refractivity contribution in [2.75, 3.05) is 11.1 Å². The summed E-state index contributed by atoms with van der Waals surface area (Å²) < 4.78 is 5.19. The van der Waals surface area contributed by atoms with Crippen LogP contribution in [0.25, 0.3) is 0 Å². The quantitative estimate of drug-likeness (QED) is 0.799. The number of nitrogens with one attached hydrogen (secondary N) is 1. The lowest BCUT2D eigenvalue weighted by molar-refractivity contribution is 0.512. The zero-order chi connectivity index (χ0) is 13.1. The fraction of sp³-hybridized carbons (Fsp3) is 0.357. The maximum atomic E-state index is 6.22. The van der Waals surface area contributed by atoms with Gasteiger partial charge in [0.05, 0.1) is 17.8 Å². The van der Waals surface area contributed by atoms with E-state index in [2.05, 4.69) is 16.4 Å². The van der Waals surface area contributed by atoms with Crippen LogP contribution in [0.1, 0.15) is 18.6 Å². The molecule has 3 nitrogen and oxygen atoms in total. The Kier molecular flexibility index (Phi) is 3.99. The Bertz CT molecular complexity index is 540. The first-order valence-electron chi connectivity index (χ1n) is 6.35. The van der Waals surface area contributed by atoms with E-state index in [1.54, 1.807) is 6.20 Å². The summed E-state index contributed by atoms with van der Waals surface area (Å²) in [5, 5.41) is 4.14. The van der Waals surface area contributed by atoms with Crippen molar-refractivity contribution in [2.24, 2.45) is 5.92 Å². The third kappa shape index (κ3) is 3.67. The van der Waals surface area contributed by atoms with Crippen LogP contribution >= 0.6 is 23.4 Å². The Morgan fingerprint density at radius 1 is 1.42 bits per heavy atom. The van der Waals surface area contributed by atoms with Crippen LogP contribution in [0.4, 0.5) is 5.69 Å². The molecule has 2 aromatic rings. The summed E-state index contributed by atoms with van der Waals surface area (Å²) in [6, 6.07) is 6.03. The average molecular weight is 295 g/mol. The fourth-order valence-corrected chi connectivity index (χ4v) is 3.18. The van der Waals surface area contributed by atoms with E-state index in [0.717, 1.165) is 27.3 Å². The predicted molar refractivity (Wildman–Crippen MR) is 78.7 cm³/mol. The molecule has 0 aliphatic heterocycles. The zero-order valence-corrected chi connectivity index (χ0v) is 12.0. The first kappa shape index (κ1) is 12.9. The molecule has 1 aliphatic carbocycles. The molecule has 1 aliphatic rings. The van der Waals surface area contributed by atoms with Crippen molar-refractivity contribution in [3.05, 3.63) is 41.6 Å². The van der Waals surface area contributed by atoms with E-state index < -0.39 is 0 Å². The summed E-state index contributed by atoms with van der Waals surface area (Å²) in [6.07, 6.45) is 5.89. The average Bonchev–Trinajstić information content (AvgIpc) is 3.10. The maximum absolute atomic E-state index is 6.22. The van der Waals surface area contributed by atoms with Gasteiger partial charge >= 0.3 is 0 Å². The van der Waals surface area contributed by atoms with Crippen molar-refractivity contribution >= 4 is 29.1 Å². The van der Waals surface area contributed by atoms with Crippen LogP contribution in [0.5, 0.6) is 0 Å². The number of anilines is 1. The molecule has 1 fully saturated rings. The van der Waals surface area contributed by atoms with Crippen molar-refractivity contribution in [1.82, 2.24) is 4.98 Å². The molecule has 1 aromatic heterocycles. The van der Waals surface area contributed by atoms with Gasteiger partial charge in [-0.25, -0.2) is 4.98 Å². The van der Waals surface area contributed by atoms with Gasteiger partial charge in [0.1, 0.15) is 5.76 Å². The third-order valence-corrected chi connectivity index (χ3v) is 4.78. The van der Waals surface area contributed by atoms with Crippen molar-refractivity contribution < 1.29 is 4.42 Å². The molecule has 19 heavy (non-hydrogen) atoms. The van der Waals surface area contributed by atoms with Gasteiger partial charge in [-0.15, -0.1) is 11.8 Å². The molecule has 0 radical (unpaired) electrons. The van der Waals surface area contributed by atoms with Crippen LogP contribution in [0, 0.1) is 5.92 Å². The highest BCUT2D eigenvalue weighted by molar-refractivity contribution is 7.99. The van der Waals surface area contributed by atoms with Crippen LogP contribution in [-0.2, 0) is 6.54 Å². The van der Waals surface area contributed by atoms with E-state index in [4.69, 9.17) is 16.0 Å². The Balaban J connectivity index is 1.62. The molecule has 1 saturated carbocycles. The van der Waals surface area contributed by atoms with Gasteiger partial charge in [0, 0.05) is 16.3 Å². The number of thioether (sulfide) groups is 1. The van der Waals surface area contributed by atoms with E-state index in [0.29, 0.717) is 6.54 Å². The number of nitrogens with zero attached hydrogens (tertiary/aromatic N) is 1. The molecule has 100 valence electrons. The summed E-state index contributed by atoms with van der Waals surface area (Å²) in [6.45, 7) is 0.633.